The first-order valence-corrected chi connectivity index (χ1v) is 7.19. The molecular formula is C13H20N2S. The summed E-state index contributed by atoms with van der Waals surface area (Å²) in [6, 6.07) is 0.689. The van der Waals surface area contributed by atoms with Gasteiger partial charge in [0, 0.05) is 22.8 Å². The molecule has 3 rings (SSSR count). The number of hydrogen-bond donors (Lipinski definition) is 1. The van der Waals surface area contributed by atoms with Crippen molar-refractivity contribution in [2.24, 2.45) is 0 Å². The van der Waals surface area contributed by atoms with Gasteiger partial charge in [-0.3, -0.25) is 0 Å². The van der Waals surface area contributed by atoms with E-state index in [9.17, 15) is 0 Å². The number of rotatable bonds is 2. The molecule has 2 nitrogen and oxygen atoms in total. The zero-order valence-corrected chi connectivity index (χ0v) is 11.0. The van der Waals surface area contributed by atoms with Gasteiger partial charge >= 0.3 is 0 Å². The molecule has 16 heavy (non-hydrogen) atoms. The SMILES string of the molecule is CC1(C)CCc2sc(CC3CCCN3)nc21. The third-order valence-corrected chi connectivity index (χ3v) is 5.08. The van der Waals surface area contributed by atoms with Crippen molar-refractivity contribution in [3.8, 4) is 0 Å². The minimum absolute atomic E-state index is 0.327. The molecule has 0 radical (unpaired) electrons. The summed E-state index contributed by atoms with van der Waals surface area (Å²) in [7, 11) is 0. The van der Waals surface area contributed by atoms with Crippen molar-refractivity contribution in [1.29, 1.82) is 0 Å². The summed E-state index contributed by atoms with van der Waals surface area (Å²) in [4.78, 5) is 6.44. The van der Waals surface area contributed by atoms with Gasteiger partial charge in [-0.15, -0.1) is 11.3 Å². The van der Waals surface area contributed by atoms with E-state index >= 15 is 0 Å². The molecule has 1 aromatic heterocycles. The number of nitrogens with one attached hydrogen (secondary N) is 1. The van der Waals surface area contributed by atoms with E-state index in [-0.39, 0.29) is 0 Å². The summed E-state index contributed by atoms with van der Waals surface area (Å²) in [5, 5.41) is 4.92. The highest BCUT2D eigenvalue weighted by Gasteiger charge is 2.33. The van der Waals surface area contributed by atoms with Crippen LogP contribution in [0.1, 0.15) is 48.7 Å². The fourth-order valence-electron chi connectivity index (χ4n) is 2.87. The second kappa shape index (κ2) is 3.81. The van der Waals surface area contributed by atoms with Crippen molar-refractivity contribution in [3.05, 3.63) is 15.6 Å². The van der Waals surface area contributed by atoms with Gasteiger partial charge < -0.3 is 5.32 Å². The third kappa shape index (κ3) is 1.80. The number of aromatic nitrogens is 1. The maximum atomic E-state index is 4.89. The summed E-state index contributed by atoms with van der Waals surface area (Å²) in [5.41, 5.74) is 1.72. The van der Waals surface area contributed by atoms with Crippen LogP contribution in [0.25, 0.3) is 0 Å². The quantitative estimate of drug-likeness (QED) is 0.854. The average molecular weight is 236 g/mol. The van der Waals surface area contributed by atoms with Crippen LogP contribution in [0.5, 0.6) is 0 Å². The topological polar surface area (TPSA) is 24.9 Å². The number of hydrogen-bond acceptors (Lipinski definition) is 3. The molecule has 0 bridgehead atoms. The standard InChI is InChI=1S/C13H20N2S/c1-13(2)6-5-10-12(13)15-11(16-10)8-9-4-3-7-14-9/h9,14H,3-8H2,1-2H3. The molecule has 3 heteroatoms. The lowest BCUT2D eigenvalue weighted by Gasteiger charge is -2.15. The molecular weight excluding hydrogens is 216 g/mol. The predicted octanol–water partition coefficient (Wildman–Crippen LogP) is 2.66. The Kier molecular flexibility index (Phi) is 2.55. The Labute approximate surface area is 101 Å². The summed E-state index contributed by atoms with van der Waals surface area (Å²) in [6.07, 6.45) is 6.34. The van der Waals surface area contributed by atoms with Crippen LogP contribution < -0.4 is 5.32 Å². The van der Waals surface area contributed by atoms with Gasteiger partial charge in [-0.1, -0.05) is 13.8 Å². The summed E-state index contributed by atoms with van der Waals surface area (Å²) in [5.74, 6) is 0. The molecule has 1 aromatic rings. The van der Waals surface area contributed by atoms with Crippen LogP contribution in [-0.4, -0.2) is 17.6 Å². The normalized spacial score (nSPS) is 27.2. The molecule has 1 unspecified atom stereocenters. The first-order valence-electron chi connectivity index (χ1n) is 6.37. The lowest BCUT2D eigenvalue weighted by molar-refractivity contribution is 0.506. The van der Waals surface area contributed by atoms with E-state index in [0.717, 1.165) is 6.42 Å². The van der Waals surface area contributed by atoms with Crippen molar-refractivity contribution in [2.45, 2.75) is 57.4 Å². The van der Waals surface area contributed by atoms with E-state index in [0.29, 0.717) is 11.5 Å². The van der Waals surface area contributed by atoms with Crippen molar-refractivity contribution >= 4 is 11.3 Å². The Balaban J connectivity index is 1.78. The highest BCUT2D eigenvalue weighted by molar-refractivity contribution is 7.11. The first-order chi connectivity index (χ1) is 7.65. The minimum atomic E-state index is 0.327. The Hall–Kier alpha value is -0.410. The molecule has 0 spiro atoms. The van der Waals surface area contributed by atoms with Crippen molar-refractivity contribution < 1.29 is 0 Å². The van der Waals surface area contributed by atoms with Crippen LogP contribution in [0.2, 0.25) is 0 Å². The van der Waals surface area contributed by atoms with Gasteiger partial charge in [-0.2, -0.15) is 0 Å². The highest BCUT2D eigenvalue weighted by Crippen LogP contribution is 2.40. The Morgan fingerprint density at radius 3 is 3.06 bits per heavy atom. The van der Waals surface area contributed by atoms with Crippen LogP contribution in [0.3, 0.4) is 0 Å². The molecule has 1 atom stereocenters. The maximum Gasteiger partial charge on any atom is 0.0946 e. The molecule has 1 fully saturated rings. The zero-order chi connectivity index (χ0) is 11.2. The lowest BCUT2D eigenvalue weighted by Crippen LogP contribution is -2.23. The average Bonchev–Trinajstić information content (AvgIpc) is 2.88. The van der Waals surface area contributed by atoms with Crippen molar-refractivity contribution in [1.82, 2.24) is 10.3 Å². The largest absolute Gasteiger partial charge is 0.314 e. The van der Waals surface area contributed by atoms with Crippen LogP contribution >= 0.6 is 11.3 Å². The van der Waals surface area contributed by atoms with E-state index in [2.05, 4.69) is 19.2 Å². The van der Waals surface area contributed by atoms with Gasteiger partial charge in [0.25, 0.3) is 0 Å². The first kappa shape index (κ1) is 10.7. The van der Waals surface area contributed by atoms with Crippen LogP contribution in [0.4, 0.5) is 0 Å². The van der Waals surface area contributed by atoms with E-state index in [1.807, 2.05) is 11.3 Å². The minimum Gasteiger partial charge on any atom is -0.314 e. The monoisotopic (exact) mass is 236 g/mol. The molecule has 0 amide bonds. The van der Waals surface area contributed by atoms with E-state index < -0.39 is 0 Å². The molecule has 2 heterocycles. The fraction of sp³-hybridized carbons (Fsp3) is 0.769. The molecule has 0 aromatic carbocycles. The van der Waals surface area contributed by atoms with Gasteiger partial charge in [0.2, 0.25) is 0 Å². The van der Waals surface area contributed by atoms with Crippen LogP contribution in [-0.2, 0) is 18.3 Å². The molecule has 2 aliphatic rings. The molecule has 88 valence electrons. The smallest absolute Gasteiger partial charge is 0.0946 e. The summed E-state index contributed by atoms with van der Waals surface area (Å²) in [6.45, 7) is 5.85. The lowest BCUT2D eigenvalue weighted by atomic mass is 9.91. The predicted molar refractivity (Wildman–Crippen MR) is 68.2 cm³/mol. The number of aryl methyl sites for hydroxylation is 1. The van der Waals surface area contributed by atoms with Gasteiger partial charge in [-0.25, -0.2) is 4.98 Å². The van der Waals surface area contributed by atoms with Gasteiger partial charge in [-0.05, 0) is 32.2 Å². The van der Waals surface area contributed by atoms with Gasteiger partial charge in [0.1, 0.15) is 0 Å². The van der Waals surface area contributed by atoms with Crippen LogP contribution in [0.15, 0.2) is 0 Å². The zero-order valence-electron chi connectivity index (χ0n) is 10.2. The Bertz CT molecular complexity index is 389. The molecule has 1 N–H and O–H groups in total. The molecule has 1 saturated heterocycles. The fourth-order valence-corrected chi connectivity index (χ4v) is 4.20. The highest BCUT2D eigenvalue weighted by atomic mass is 32.1. The Morgan fingerprint density at radius 1 is 1.50 bits per heavy atom. The van der Waals surface area contributed by atoms with Gasteiger partial charge in [0.15, 0.2) is 0 Å². The van der Waals surface area contributed by atoms with Crippen molar-refractivity contribution in [3.63, 3.8) is 0 Å². The van der Waals surface area contributed by atoms with E-state index in [1.54, 1.807) is 4.88 Å². The second-order valence-electron chi connectivity index (χ2n) is 5.76. The maximum absolute atomic E-state index is 4.89. The van der Waals surface area contributed by atoms with Crippen LogP contribution in [0, 0.1) is 0 Å². The third-order valence-electron chi connectivity index (χ3n) is 3.94. The van der Waals surface area contributed by atoms with E-state index in [1.165, 1.54) is 42.9 Å². The summed E-state index contributed by atoms with van der Waals surface area (Å²) < 4.78 is 0. The van der Waals surface area contributed by atoms with E-state index in [4.69, 9.17) is 4.98 Å². The number of fused-ring (bicyclic) bond motifs is 1. The Morgan fingerprint density at radius 2 is 2.38 bits per heavy atom. The molecule has 1 aliphatic heterocycles. The summed E-state index contributed by atoms with van der Waals surface area (Å²) >= 11 is 1.96. The molecule has 1 aliphatic carbocycles. The van der Waals surface area contributed by atoms with Crippen molar-refractivity contribution in [2.75, 3.05) is 6.54 Å². The number of nitrogens with zero attached hydrogens (tertiary/aromatic N) is 1. The number of thiazole rings is 1. The van der Waals surface area contributed by atoms with Gasteiger partial charge in [0.05, 0.1) is 10.7 Å². The molecule has 0 saturated carbocycles. The second-order valence-corrected chi connectivity index (χ2v) is 6.93.